The minimum atomic E-state index is -0.609. The van der Waals surface area contributed by atoms with Crippen molar-refractivity contribution in [3.05, 3.63) is 95.1 Å². The summed E-state index contributed by atoms with van der Waals surface area (Å²) in [5.41, 5.74) is 5.41. The van der Waals surface area contributed by atoms with Gasteiger partial charge in [0.15, 0.2) is 0 Å². The van der Waals surface area contributed by atoms with E-state index in [1.165, 1.54) is 0 Å². The molecular formula is C30H31N3O3. The number of fused-ring (bicyclic) bond motifs is 1. The van der Waals surface area contributed by atoms with Gasteiger partial charge in [-0.3, -0.25) is 14.4 Å². The molecule has 2 heterocycles. The molecule has 2 aliphatic heterocycles. The molecule has 1 saturated heterocycles. The first-order valence-electron chi connectivity index (χ1n) is 12.5. The first kappa shape index (κ1) is 23.8. The quantitative estimate of drug-likeness (QED) is 0.541. The molecule has 6 nitrogen and oxygen atoms in total. The van der Waals surface area contributed by atoms with Gasteiger partial charge in [-0.25, -0.2) is 0 Å². The van der Waals surface area contributed by atoms with Gasteiger partial charge in [-0.05, 0) is 67.3 Å². The summed E-state index contributed by atoms with van der Waals surface area (Å²) in [7, 11) is 1.75. The summed E-state index contributed by atoms with van der Waals surface area (Å²) >= 11 is 0. The summed E-state index contributed by atoms with van der Waals surface area (Å²) in [6, 6.07) is 22.4. The number of piperidine rings is 1. The van der Waals surface area contributed by atoms with Gasteiger partial charge in [0.2, 0.25) is 11.8 Å². The van der Waals surface area contributed by atoms with Crippen molar-refractivity contribution >= 4 is 29.1 Å². The number of amides is 3. The van der Waals surface area contributed by atoms with Crippen LogP contribution in [0.1, 0.15) is 46.3 Å². The number of rotatable bonds is 4. The zero-order valence-corrected chi connectivity index (χ0v) is 20.8. The summed E-state index contributed by atoms with van der Waals surface area (Å²) in [5.74, 6) is -0.133. The average Bonchev–Trinajstić information content (AvgIpc) is 2.92. The predicted octanol–water partition coefficient (Wildman–Crippen LogP) is 4.74. The van der Waals surface area contributed by atoms with Gasteiger partial charge < -0.3 is 14.7 Å². The Hall–Kier alpha value is -3.93. The minimum Gasteiger partial charge on any atom is -0.322 e. The Labute approximate surface area is 212 Å². The van der Waals surface area contributed by atoms with E-state index in [1.807, 2.05) is 84.6 Å². The topological polar surface area (TPSA) is 60.9 Å². The molecule has 0 aromatic heterocycles. The van der Waals surface area contributed by atoms with Crippen LogP contribution < -0.4 is 9.80 Å². The van der Waals surface area contributed by atoms with Crippen molar-refractivity contribution in [2.75, 3.05) is 23.4 Å². The summed E-state index contributed by atoms with van der Waals surface area (Å²) in [6.07, 6.45) is 2.98. The number of carbonyl (C=O) groups excluding carboxylic acids is 3. The van der Waals surface area contributed by atoms with Crippen LogP contribution in [0.3, 0.4) is 0 Å². The lowest BCUT2D eigenvalue weighted by molar-refractivity contribution is -0.123. The highest BCUT2D eigenvalue weighted by Crippen LogP contribution is 2.29. The summed E-state index contributed by atoms with van der Waals surface area (Å²) in [6.45, 7) is 3.10. The van der Waals surface area contributed by atoms with Gasteiger partial charge in [0, 0.05) is 49.9 Å². The van der Waals surface area contributed by atoms with Crippen LogP contribution in [-0.4, -0.2) is 42.3 Å². The molecule has 3 aromatic carbocycles. The Bertz CT molecular complexity index is 1280. The highest BCUT2D eigenvalue weighted by atomic mass is 16.2. The number of carbonyl (C=O) groups is 3. The number of likely N-dealkylation sites (N-methyl/N-ethyl adjacent to an activating group) is 1. The van der Waals surface area contributed by atoms with Crippen LogP contribution in [0.25, 0.3) is 0 Å². The molecule has 1 fully saturated rings. The van der Waals surface area contributed by atoms with Gasteiger partial charge in [0.05, 0.1) is 0 Å². The third-order valence-electron chi connectivity index (χ3n) is 7.30. The minimum absolute atomic E-state index is 0.133. The zero-order chi connectivity index (χ0) is 25.2. The molecule has 3 aromatic rings. The number of nitrogens with zero attached hydrogens (tertiary/aromatic N) is 3. The van der Waals surface area contributed by atoms with Crippen LogP contribution in [0.2, 0.25) is 0 Å². The van der Waals surface area contributed by atoms with E-state index in [-0.39, 0.29) is 17.7 Å². The molecule has 36 heavy (non-hydrogen) atoms. The third kappa shape index (κ3) is 4.63. The van der Waals surface area contributed by atoms with Crippen LogP contribution >= 0.6 is 0 Å². The number of aryl methyl sites for hydroxylation is 1. The van der Waals surface area contributed by atoms with Crippen molar-refractivity contribution in [3.8, 4) is 0 Å². The molecule has 3 amide bonds. The highest BCUT2D eigenvalue weighted by molar-refractivity contribution is 6.03. The maximum atomic E-state index is 13.8. The summed E-state index contributed by atoms with van der Waals surface area (Å²) < 4.78 is 0. The van der Waals surface area contributed by atoms with E-state index in [9.17, 15) is 14.4 Å². The van der Waals surface area contributed by atoms with Crippen LogP contribution in [-0.2, 0) is 22.6 Å². The summed E-state index contributed by atoms with van der Waals surface area (Å²) in [4.78, 5) is 44.8. The van der Waals surface area contributed by atoms with E-state index < -0.39 is 6.04 Å². The Morgan fingerprint density at radius 2 is 1.58 bits per heavy atom. The van der Waals surface area contributed by atoms with E-state index in [4.69, 9.17) is 0 Å². The van der Waals surface area contributed by atoms with Crippen molar-refractivity contribution in [1.82, 2.24) is 4.90 Å². The number of benzene rings is 3. The fraction of sp³-hybridized carbons (Fsp3) is 0.300. The van der Waals surface area contributed by atoms with Crippen molar-refractivity contribution < 1.29 is 14.4 Å². The highest BCUT2D eigenvalue weighted by Gasteiger charge is 2.37. The Morgan fingerprint density at radius 1 is 0.889 bits per heavy atom. The fourth-order valence-corrected chi connectivity index (χ4v) is 5.10. The van der Waals surface area contributed by atoms with E-state index in [2.05, 4.69) is 0 Å². The molecule has 6 heteroatoms. The zero-order valence-electron chi connectivity index (χ0n) is 20.8. The van der Waals surface area contributed by atoms with Crippen LogP contribution in [0.5, 0.6) is 0 Å². The average molecular weight is 482 g/mol. The van der Waals surface area contributed by atoms with Crippen molar-refractivity contribution in [1.29, 1.82) is 0 Å². The molecule has 2 aliphatic rings. The van der Waals surface area contributed by atoms with Crippen molar-refractivity contribution in [2.45, 2.75) is 45.2 Å². The molecule has 0 saturated carbocycles. The molecule has 0 unspecified atom stereocenters. The van der Waals surface area contributed by atoms with Crippen molar-refractivity contribution in [2.24, 2.45) is 0 Å². The number of hydrogen-bond acceptors (Lipinski definition) is 3. The second-order valence-electron chi connectivity index (χ2n) is 9.70. The smallest absolute Gasteiger partial charge is 0.254 e. The molecule has 0 aliphatic carbocycles. The molecule has 0 radical (unpaired) electrons. The monoisotopic (exact) mass is 481 g/mol. The molecule has 0 bridgehead atoms. The van der Waals surface area contributed by atoms with Crippen LogP contribution in [0, 0.1) is 6.92 Å². The van der Waals surface area contributed by atoms with Gasteiger partial charge in [0.25, 0.3) is 5.91 Å². The Balaban J connectivity index is 1.40. The van der Waals surface area contributed by atoms with E-state index >= 15 is 0 Å². The van der Waals surface area contributed by atoms with E-state index in [0.717, 1.165) is 47.5 Å². The molecule has 0 spiro atoms. The second-order valence-corrected chi connectivity index (χ2v) is 9.70. The third-order valence-corrected chi connectivity index (χ3v) is 7.30. The Kier molecular flexibility index (Phi) is 6.59. The molecular weight excluding hydrogens is 450 g/mol. The SMILES string of the molecule is Cc1ccc(C(=O)N2Cc3ccccc3C[C@H]2C(=O)N(C)c2ccc(N3CCCCC3=O)cc2)cc1. The maximum Gasteiger partial charge on any atom is 0.254 e. The summed E-state index contributed by atoms with van der Waals surface area (Å²) in [5, 5.41) is 0. The lowest BCUT2D eigenvalue weighted by atomic mass is 9.92. The van der Waals surface area contributed by atoms with Gasteiger partial charge >= 0.3 is 0 Å². The molecule has 0 N–H and O–H groups in total. The number of hydrogen-bond donors (Lipinski definition) is 0. The first-order valence-corrected chi connectivity index (χ1v) is 12.5. The van der Waals surface area contributed by atoms with E-state index in [1.54, 1.807) is 16.8 Å². The van der Waals surface area contributed by atoms with Crippen LogP contribution in [0.15, 0.2) is 72.8 Å². The maximum absolute atomic E-state index is 13.8. The van der Waals surface area contributed by atoms with Gasteiger partial charge in [-0.15, -0.1) is 0 Å². The standard InChI is InChI=1S/C30H31N3O3/c1-21-10-12-22(13-11-21)29(35)33-20-24-8-4-3-7-23(24)19-27(33)30(36)31(2)25-14-16-26(17-15-25)32-18-6-5-9-28(32)34/h3-4,7-8,10-17,27H,5-6,9,18-20H2,1-2H3/t27-/m0/s1. The van der Waals surface area contributed by atoms with Gasteiger partial charge in [-0.2, -0.15) is 0 Å². The number of anilines is 2. The second kappa shape index (κ2) is 9.97. The van der Waals surface area contributed by atoms with Crippen molar-refractivity contribution in [3.63, 3.8) is 0 Å². The molecule has 1 atom stereocenters. The van der Waals surface area contributed by atoms with E-state index in [0.29, 0.717) is 24.9 Å². The van der Waals surface area contributed by atoms with Crippen LogP contribution in [0.4, 0.5) is 11.4 Å². The van der Waals surface area contributed by atoms with Gasteiger partial charge in [0.1, 0.15) is 6.04 Å². The lowest BCUT2D eigenvalue weighted by Gasteiger charge is -2.38. The normalized spacial score (nSPS) is 17.5. The largest absolute Gasteiger partial charge is 0.322 e. The predicted molar refractivity (Wildman–Crippen MR) is 141 cm³/mol. The fourth-order valence-electron chi connectivity index (χ4n) is 5.10. The Morgan fingerprint density at radius 3 is 2.28 bits per heavy atom. The lowest BCUT2D eigenvalue weighted by Crippen LogP contribution is -2.53. The molecule has 184 valence electrons. The first-order chi connectivity index (χ1) is 17.4. The molecule has 5 rings (SSSR count). The van der Waals surface area contributed by atoms with Gasteiger partial charge in [-0.1, -0.05) is 42.0 Å².